The number of hydrogen-bond acceptors (Lipinski definition) is 3. The Balaban J connectivity index is 2.19. The predicted octanol–water partition coefficient (Wildman–Crippen LogP) is 2.49. The quantitative estimate of drug-likeness (QED) is 0.813. The molecule has 0 spiro atoms. The Morgan fingerprint density at radius 2 is 2.00 bits per heavy atom. The first-order chi connectivity index (χ1) is 10.2. The third-order valence-electron chi connectivity index (χ3n) is 2.92. The minimum atomic E-state index is -4.77. The molecule has 0 fully saturated rings. The number of nitrogens with zero attached hydrogens (tertiary/aromatic N) is 1. The molecule has 0 aromatic carbocycles. The van der Waals surface area contributed by atoms with E-state index in [-0.39, 0.29) is 17.4 Å². The lowest BCUT2D eigenvalue weighted by atomic mass is 10.1. The number of amides is 1. The third-order valence-corrected chi connectivity index (χ3v) is 2.92. The molecule has 0 saturated heterocycles. The zero-order valence-electron chi connectivity index (χ0n) is 11.7. The maximum atomic E-state index is 12.5. The van der Waals surface area contributed by atoms with Crippen molar-refractivity contribution in [2.45, 2.75) is 25.9 Å². The average Bonchev–Trinajstić information content (AvgIpc) is 2.85. The summed E-state index contributed by atoms with van der Waals surface area (Å²) in [5.41, 5.74) is -2.22. The zero-order chi connectivity index (χ0) is 16.5. The van der Waals surface area contributed by atoms with Crippen LogP contribution in [0.1, 0.15) is 41.5 Å². The lowest BCUT2D eigenvalue weighted by molar-refractivity contribution is -0.138. The summed E-state index contributed by atoms with van der Waals surface area (Å²) in [7, 11) is 0. The van der Waals surface area contributed by atoms with Crippen molar-refractivity contribution in [2.75, 3.05) is 5.32 Å². The van der Waals surface area contributed by atoms with E-state index in [9.17, 15) is 22.8 Å². The van der Waals surface area contributed by atoms with E-state index < -0.39 is 23.2 Å². The molecule has 0 saturated carbocycles. The number of anilines is 1. The largest absolute Gasteiger partial charge is 0.421 e. The topological polar surface area (TPSA) is 90.6 Å². The van der Waals surface area contributed by atoms with Crippen LogP contribution in [-0.2, 0) is 6.18 Å². The van der Waals surface area contributed by atoms with Crippen molar-refractivity contribution in [3.8, 4) is 0 Å². The van der Waals surface area contributed by atoms with E-state index in [0.717, 1.165) is 11.8 Å². The average molecular weight is 314 g/mol. The van der Waals surface area contributed by atoms with Gasteiger partial charge in [-0.3, -0.25) is 14.7 Å². The second kappa shape index (κ2) is 5.66. The minimum Gasteiger partial charge on any atom is -0.317 e. The first kappa shape index (κ1) is 15.8. The van der Waals surface area contributed by atoms with Gasteiger partial charge in [0.2, 0.25) is 0 Å². The number of hydrogen-bond donors (Lipinski definition) is 3. The normalized spacial score (nSPS) is 11.7. The van der Waals surface area contributed by atoms with Gasteiger partial charge in [0.25, 0.3) is 11.5 Å². The highest BCUT2D eigenvalue weighted by molar-refractivity contribution is 6.02. The lowest BCUT2D eigenvalue weighted by Gasteiger charge is -2.06. The molecule has 118 valence electrons. The molecule has 0 aliphatic carbocycles. The van der Waals surface area contributed by atoms with Gasteiger partial charge in [-0.15, -0.1) is 0 Å². The maximum absolute atomic E-state index is 12.5. The summed E-state index contributed by atoms with van der Waals surface area (Å²) in [6.07, 6.45) is -4.77. The molecule has 0 bridgehead atoms. The maximum Gasteiger partial charge on any atom is 0.421 e. The fourth-order valence-electron chi connectivity index (χ4n) is 1.71. The summed E-state index contributed by atoms with van der Waals surface area (Å²) in [6.45, 7) is 3.85. The molecule has 2 aromatic rings. The summed E-state index contributed by atoms with van der Waals surface area (Å²) in [4.78, 5) is 25.2. The van der Waals surface area contributed by atoms with Crippen molar-refractivity contribution in [1.82, 2.24) is 15.2 Å². The van der Waals surface area contributed by atoms with E-state index in [1.807, 2.05) is 18.8 Å². The van der Waals surface area contributed by atoms with E-state index in [1.54, 1.807) is 6.07 Å². The van der Waals surface area contributed by atoms with Crippen LogP contribution in [0.4, 0.5) is 19.0 Å². The van der Waals surface area contributed by atoms with Crippen molar-refractivity contribution in [1.29, 1.82) is 0 Å². The van der Waals surface area contributed by atoms with E-state index in [2.05, 4.69) is 15.5 Å². The Hall–Kier alpha value is -2.58. The van der Waals surface area contributed by atoms with Crippen molar-refractivity contribution in [3.05, 3.63) is 45.5 Å². The predicted molar refractivity (Wildman–Crippen MR) is 72.7 cm³/mol. The summed E-state index contributed by atoms with van der Waals surface area (Å²) in [5, 5.41) is 8.96. The van der Waals surface area contributed by atoms with Crippen LogP contribution < -0.4 is 10.9 Å². The molecule has 2 aromatic heterocycles. The molecule has 22 heavy (non-hydrogen) atoms. The number of aromatic amines is 2. The van der Waals surface area contributed by atoms with Gasteiger partial charge in [0.1, 0.15) is 11.3 Å². The van der Waals surface area contributed by atoms with Crippen LogP contribution in [0.3, 0.4) is 0 Å². The van der Waals surface area contributed by atoms with Gasteiger partial charge >= 0.3 is 6.18 Å². The Kier molecular flexibility index (Phi) is 4.07. The Morgan fingerprint density at radius 1 is 1.32 bits per heavy atom. The van der Waals surface area contributed by atoms with E-state index in [0.29, 0.717) is 6.07 Å². The molecule has 0 unspecified atom stereocenters. The molecule has 2 heterocycles. The number of halogens is 3. The van der Waals surface area contributed by atoms with Crippen LogP contribution in [0.2, 0.25) is 0 Å². The third kappa shape index (κ3) is 3.35. The van der Waals surface area contributed by atoms with Crippen LogP contribution in [0.25, 0.3) is 0 Å². The van der Waals surface area contributed by atoms with Crippen LogP contribution in [-0.4, -0.2) is 21.1 Å². The molecule has 0 aliphatic heterocycles. The summed E-state index contributed by atoms with van der Waals surface area (Å²) >= 11 is 0. The molecule has 0 atom stereocenters. The highest BCUT2D eigenvalue weighted by atomic mass is 19.4. The van der Waals surface area contributed by atoms with Crippen molar-refractivity contribution >= 4 is 11.7 Å². The van der Waals surface area contributed by atoms with Gasteiger partial charge in [-0.2, -0.15) is 18.3 Å². The number of aromatic nitrogens is 3. The molecule has 6 nitrogen and oxygen atoms in total. The Labute approximate surface area is 122 Å². The van der Waals surface area contributed by atoms with E-state index >= 15 is 0 Å². The molecule has 1 amide bonds. The second-order valence-electron chi connectivity index (χ2n) is 4.93. The lowest BCUT2D eigenvalue weighted by Crippen LogP contribution is -2.25. The van der Waals surface area contributed by atoms with Gasteiger partial charge in [0, 0.05) is 11.8 Å². The number of rotatable bonds is 3. The number of pyridine rings is 1. The Bertz CT molecular complexity index is 746. The SMILES string of the molecule is CC(C)c1cc(NC(=O)c2ccc(C(F)(F)F)c(=O)[nH]2)n[nH]1. The first-order valence-corrected chi connectivity index (χ1v) is 6.35. The van der Waals surface area contributed by atoms with Crippen molar-refractivity contribution < 1.29 is 18.0 Å². The van der Waals surface area contributed by atoms with Gasteiger partial charge in [0.15, 0.2) is 5.82 Å². The molecule has 0 radical (unpaired) electrons. The second-order valence-corrected chi connectivity index (χ2v) is 4.93. The number of carbonyl (C=O) groups is 1. The summed E-state index contributed by atoms with van der Waals surface area (Å²) in [6, 6.07) is 3.07. The van der Waals surface area contributed by atoms with E-state index in [4.69, 9.17) is 0 Å². The zero-order valence-corrected chi connectivity index (χ0v) is 11.7. The molecule has 3 N–H and O–H groups in total. The number of H-pyrrole nitrogens is 2. The first-order valence-electron chi connectivity index (χ1n) is 6.35. The minimum absolute atomic E-state index is 0.170. The van der Waals surface area contributed by atoms with Gasteiger partial charge in [-0.25, -0.2) is 0 Å². The van der Waals surface area contributed by atoms with Crippen LogP contribution in [0, 0.1) is 0 Å². The van der Waals surface area contributed by atoms with Crippen LogP contribution >= 0.6 is 0 Å². The monoisotopic (exact) mass is 314 g/mol. The number of nitrogens with one attached hydrogen (secondary N) is 3. The number of alkyl halides is 3. The molecule has 0 aliphatic rings. The van der Waals surface area contributed by atoms with Gasteiger partial charge in [0.05, 0.1) is 0 Å². The van der Waals surface area contributed by atoms with Crippen LogP contribution in [0.15, 0.2) is 23.0 Å². The van der Waals surface area contributed by atoms with Crippen molar-refractivity contribution in [3.63, 3.8) is 0 Å². The van der Waals surface area contributed by atoms with E-state index in [1.165, 1.54) is 0 Å². The van der Waals surface area contributed by atoms with Gasteiger partial charge in [-0.05, 0) is 18.1 Å². The summed E-state index contributed by atoms with van der Waals surface area (Å²) in [5.74, 6) is -0.369. The van der Waals surface area contributed by atoms with Crippen LogP contribution in [0.5, 0.6) is 0 Å². The highest BCUT2D eigenvalue weighted by Gasteiger charge is 2.34. The molecule has 2 rings (SSSR count). The standard InChI is InChI=1S/C13H13F3N4O2/c1-6(2)9-5-10(20-19-9)18-12(22)8-4-3-7(11(21)17-8)13(14,15)16/h3-6H,1-2H3,(H,17,21)(H2,18,19,20,22). The molecular weight excluding hydrogens is 301 g/mol. The molecular formula is C13H13F3N4O2. The Morgan fingerprint density at radius 3 is 2.50 bits per heavy atom. The summed E-state index contributed by atoms with van der Waals surface area (Å²) < 4.78 is 37.4. The highest BCUT2D eigenvalue weighted by Crippen LogP contribution is 2.26. The van der Waals surface area contributed by atoms with Gasteiger partial charge < -0.3 is 10.3 Å². The van der Waals surface area contributed by atoms with Crippen molar-refractivity contribution in [2.24, 2.45) is 0 Å². The fraction of sp³-hybridized carbons (Fsp3) is 0.308. The smallest absolute Gasteiger partial charge is 0.317 e. The number of carbonyl (C=O) groups excluding carboxylic acids is 1. The fourth-order valence-corrected chi connectivity index (χ4v) is 1.71. The molecule has 9 heteroatoms. The van der Waals surface area contributed by atoms with Gasteiger partial charge in [-0.1, -0.05) is 13.8 Å².